The van der Waals surface area contributed by atoms with Gasteiger partial charge >= 0.3 is 11.5 Å². The van der Waals surface area contributed by atoms with E-state index in [1.165, 1.54) is 11.0 Å². The van der Waals surface area contributed by atoms with Crippen LogP contribution in [0.3, 0.4) is 0 Å². The summed E-state index contributed by atoms with van der Waals surface area (Å²) in [7, 11) is 1.56. The van der Waals surface area contributed by atoms with Gasteiger partial charge in [-0.05, 0) is 77.9 Å². The minimum absolute atomic E-state index is 0.00341. The minimum Gasteiger partial charge on any atom is -0.379 e. The number of fused-ring (bicyclic) bond motifs is 1. The van der Waals surface area contributed by atoms with Crippen molar-refractivity contribution in [1.82, 2.24) is 14.8 Å². The molecule has 15 heteroatoms. The average molecular weight is 703 g/mol. The number of carbonyl (C=O) groups excluding carboxylic acids is 2. The van der Waals surface area contributed by atoms with Crippen LogP contribution in [0.4, 0.5) is 29.6 Å². The molecule has 1 aromatic carbocycles. The van der Waals surface area contributed by atoms with Gasteiger partial charge in [-0.2, -0.15) is 18.4 Å². The van der Waals surface area contributed by atoms with E-state index in [-0.39, 0.29) is 67.7 Å². The Bertz CT molecular complexity index is 1620. The van der Waals surface area contributed by atoms with Gasteiger partial charge in [-0.1, -0.05) is 20.8 Å². The molecule has 4 heterocycles. The summed E-state index contributed by atoms with van der Waals surface area (Å²) in [6.07, 6.45) is -1.65. The number of pyridine rings is 1. The van der Waals surface area contributed by atoms with Crippen LogP contribution in [0.5, 0.6) is 0 Å². The summed E-state index contributed by atoms with van der Waals surface area (Å²) in [5, 5.41) is 24.3. The second kappa shape index (κ2) is 15.7. The molecule has 49 heavy (non-hydrogen) atoms. The third-order valence-electron chi connectivity index (χ3n) is 9.06. The number of alkyl halides is 3. The van der Waals surface area contributed by atoms with E-state index in [0.717, 1.165) is 48.1 Å². The fraction of sp³-hybridized carbons (Fsp3) is 0.529. The average Bonchev–Trinajstić information content (AvgIpc) is 3.38. The highest BCUT2D eigenvalue weighted by Crippen LogP contribution is 2.43. The Labute approximate surface area is 289 Å². The highest BCUT2D eigenvalue weighted by molar-refractivity contribution is 6.66. The molecule has 5 rings (SSSR count). The number of anilines is 2. The fourth-order valence-corrected chi connectivity index (χ4v) is 6.64. The molecule has 0 bridgehead atoms. The van der Waals surface area contributed by atoms with Gasteiger partial charge in [0.05, 0.1) is 44.2 Å². The number of rotatable bonds is 10. The van der Waals surface area contributed by atoms with Crippen LogP contribution in [0.1, 0.15) is 79.1 Å². The van der Waals surface area contributed by atoms with Crippen LogP contribution in [0.2, 0.25) is 0 Å². The molecule has 2 saturated heterocycles. The first-order chi connectivity index (χ1) is 23.3. The van der Waals surface area contributed by atoms with Crippen molar-refractivity contribution in [3.63, 3.8) is 0 Å². The SMILES string of the molecule is CC.C[C@H]1CCCN(Cc2cc3c(c(C(F)(F)F)c2)CN(c2cc(C4(CC(=N)N(C)C=N)COC4)cc(N(CCC#N)C(=O)Cl)n2)C3=O)C1. The number of benzene rings is 1. The van der Waals surface area contributed by atoms with Crippen LogP contribution >= 0.6 is 11.6 Å². The molecule has 2 aromatic rings. The van der Waals surface area contributed by atoms with Crippen molar-refractivity contribution in [3.05, 3.63) is 52.1 Å². The Morgan fingerprint density at radius 2 is 1.98 bits per heavy atom. The number of ether oxygens (including phenoxy) is 1. The molecule has 264 valence electrons. The van der Waals surface area contributed by atoms with E-state index in [0.29, 0.717) is 17.0 Å². The Balaban J connectivity index is 0.00000265. The molecule has 1 atom stereocenters. The second-order valence-electron chi connectivity index (χ2n) is 12.6. The number of likely N-dealkylation sites (tertiary alicyclic amines) is 1. The summed E-state index contributed by atoms with van der Waals surface area (Å²) in [5.41, 5.74) is -0.982. The molecule has 11 nitrogen and oxygen atoms in total. The maximum atomic E-state index is 14.5. The van der Waals surface area contributed by atoms with Crippen molar-refractivity contribution in [2.24, 2.45) is 5.92 Å². The minimum atomic E-state index is -4.71. The molecular formula is C34H42ClF3N8O3. The molecule has 2 N–H and O–H groups in total. The van der Waals surface area contributed by atoms with Gasteiger partial charge in [0, 0.05) is 44.1 Å². The lowest BCUT2D eigenvalue weighted by Crippen LogP contribution is -2.50. The number of hydrogen-bond acceptors (Lipinski definition) is 8. The molecular weight excluding hydrogens is 661 g/mol. The van der Waals surface area contributed by atoms with Crippen LogP contribution < -0.4 is 9.80 Å². The zero-order valence-electron chi connectivity index (χ0n) is 28.2. The lowest BCUT2D eigenvalue weighted by Gasteiger charge is -2.43. The molecule has 3 aliphatic rings. The standard InChI is InChI=1S/C32H36ClF3N8O3.C2H6/c1-20-5-3-7-42(14-20)15-21-9-23-24(25(10-21)32(34,35)36)16-44(29(23)45)28-12-22(11-27(40-28)43(30(33)46)8-4-6-37)31(17-47-18-31)13-26(39)41(2)19-38;1-2/h9-12,19-20,38-39H,3-5,7-8,13-18H2,1-2H3;1-2H3/t20-;/m0./s1. The van der Waals surface area contributed by atoms with Gasteiger partial charge in [0.1, 0.15) is 17.5 Å². The van der Waals surface area contributed by atoms with Gasteiger partial charge < -0.3 is 9.64 Å². The van der Waals surface area contributed by atoms with Crippen molar-refractivity contribution >= 4 is 46.7 Å². The predicted molar refractivity (Wildman–Crippen MR) is 181 cm³/mol. The number of aromatic nitrogens is 1. The molecule has 0 radical (unpaired) electrons. The molecule has 0 saturated carbocycles. The van der Waals surface area contributed by atoms with E-state index >= 15 is 0 Å². The first-order valence-corrected chi connectivity index (χ1v) is 16.7. The van der Waals surface area contributed by atoms with Gasteiger partial charge in [-0.25, -0.2) is 4.98 Å². The van der Waals surface area contributed by atoms with Crippen molar-refractivity contribution in [1.29, 1.82) is 16.1 Å². The zero-order chi connectivity index (χ0) is 36.1. The summed E-state index contributed by atoms with van der Waals surface area (Å²) in [6, 6.07) is 7.75. The Hall–Kier alpha value is -4.06. The number of amidine groups is 1. The van der Waals surface area contributed by atoms with E-state index in [1.54, 1.807) is 19.2 Å². The lowest BCUT2D eigenvalue weighted by atomic mass is 9.75. The van der Waals surface area contributed by atoms with Crippen molar-refractivity contribution < 1.29 is 27.5 Å². The number of nitriles is 1. The highest BCUT2D eigenvalue weighted by atomic mass is 35.5. The van der Waals surface area contributed by atoms with E-state index in [9.17, 15) is 28.0 Å². The molecule has 0 aliphatic carbocycles. The third kappa shape index (κ3) is 8.22. The maximum absolute atomic E-state index is 14.5. The van der Waals surface area contributed by atoms with Gasteiger partial charge in [-0.15, -0.1) is 0 Å². The smallest absolute Gasteiger partial charge is 0.379 e. The van der Waals surface area contributed by atoms with Gasteiger partial charge in [0.2, 0.25) is 0 Å². The van der Waals surface area contributed by atoms with Crippen LogP contribution in [0.25, 0.3) is 0 Å². The molecule has 3 aliphatic heterocycles. The predicted octanol–water partition coefficient (Wildman–Crippen LogP) is 6.77. The monoisotopic (exact) mass is 702 g/mol. The third-order valence-corrected chi connectivity index (χ3v) is 9.26. The topological polar surface area (TPSA) is 141 Å². The van der Waals surface area contributed by atoms with Crippen molar-refractivity contribution in [3.8, 4) is 6.07 Å². The first kappa shape index (κ1) is 37.8. The quantitative estimate of drug-likeness (QED) is 0.120. The molecule has 0 unspecified atom stereocenters. The lowest BCUT2D eigenvalue weighted by molar-refractivity contribution is -0.138. The number of carbonyl (C=O) groups is 2. The summed E-state index contributed by atoms with van der Waals surface area (Å²) in [5.74, 6) is -0.128. The second-order valence-corrected chi connectivity index (χ2v) is 12.9. The fourth-order valence-electron chi connectivity index (χ4n) is 6.47. The largest absolute Gasteiger partial charge is 0.416 e. The van der Waals surface area contributed by atoms with Crippen LogP contribution in [-0.2, 0) is 29.4 Å². The summed E-state index contributed by atoms with van der Waals surface area (Å²) >= 11 is 5.90. The number of halogens is 4. The zero-order valence-corrected chi connectivity index (χ0v) is 28.9. The van der Waals surface area contributed by atoms with Gasteiger partial charge in [0.15, 0.2) is 0 Å². The molecule has 2 amide bonds. The highest BCUT2D eigenvalue weighted by Gasteiger charge is 2.45. The Morgan fingerprint density at radius 1 is 1.27 bits per heavy atom. The van der Waals surface area contributed by atoms with Crippen LogP contribution in [-0.4, -0.2) is 78.1 Å². The summed E-state index contributed by atoms with van der Waals surface area (Å²) in [6.45, 7) is 7.75. The molecule has 0 spiro atoms. The first-order valence-electron chi connectivity index (χ1n) is 16.3. The molecule has 2 fully saturated rings. The summed E-state index contributed by atoms with van der Waals surface area (Å²) < 4.78 is 49.0. The van der Waals surface area contributed by atoms with E-state index < -0.39 is 35.0 Å². The van der Waals surface area contributed by atoms with E-state index in [1.807, 2.05) is 19.9 Å². The van der Waals surface area contributed by atoms with Crippen LogP contribution in [0.15, 0.2) is 24.3 Å². The van der Waals surface area contributed by atoms with Gasteiger partial charge in [-0.3, -0.25) is 35.1 Å². The molecule has 1 aromatic heterocycles. The number of nitrogens with one attached hydrogen (secondary N) is 2. The summed E-state index contributed by atoms with van der Waals surface area (Å²) in [4.78, 5) is 36.6. The van der Waals surface area contributed by atoms with Crippen molar-refractivity contribution in [2.45, 2.75) is 71.1 Å². The maximum Gasteiger partial charge on any atom is 0.416 e. The van der Waals surface area contributed by atoms with E-state index in [4.69, 9.17) is 27.2 Å². The number of hydrogen-bond donors (Lipinski definition) is 2. The number of amides is 2. The van der Waals surface area contributed by atoms with Gasteiger partial charge in [0.25, 0.3) is 5.91 Å². The Kier molecular flexibility index (Phi) is 12.1. The normalized spacial score (nSPS) is 18.4. The van der Waals surface area contributed by atoms with Crippen molar-refractivity contribution in [2.75, 3.05) is 49.7 Å². The van der Waals surface area contributed by atoms with Crippen LogP contribution in [0, 0.1) is 28.1 Å². The number of nitrogens with zero attached hydrogens (tertiary/aromatic N) is 6. The Morgan fingerprint density at radius 3 is 2.55 bits per heavy atom. The number of piperidine rings is 1. The van der Waals surface area contributed by atoms with E-state index in [2.05, 4.69) is 16.8 Å².